The third kappa shape index (κ3) is 7.04. The highest BCUT2D eigenvalue weighted by Crippen LogP contribution is 2.16. The molecule has 0 saturated heterocycles. The molecule has 3 N–H and O–H groups in total. The molecule has 1 aromatic rings. The largest absolute Gasteiger partial charge is 0.481 e. The van der Waals surface area contributed by atoms with Gasteiger partial charge >= 0.3 is 5.97 Å². The zero-order valence-electron chi connectivity index (χ0n) is 14.7. The molecule has 2 amide bonds. The van der Waals surface area contributed by atoms with Gasteiger partial charge in [0, 0.05) is 6.07 Å². The fraction of sp³-hybridized carbons (Fsp3) is 0.471. The van der Waals surface area contributed by atoms with E-state index in [1.807, 2.05) is 13.8 Å². The maximum Gasteiger partial charge on any atom is 0.326 e. The van der Waals surface area contributed by atoms with Gasteiger partial charge in [-0.15, -0.1) is 0 Å². The monoisotopic (exact) mass is 372 g/mol. The fourth-order valence-electron chi connectivity index (χ4n) is 2.06. The van der Waals surface area contributed by atoms with Crippen LogP contribution >= 0.6 is 0 Å². The van der Waals surface area contributed by atoms with E-state index in [-0.39, 0.29) is 18.1 Å². The van der Waals surface area contributed by atoms with Gasteiger partial charge in [0.2, 0.25) is 5.91 Å². The summed E-state index contributed by atoms with van der Waals surface area (Å²) in [6.07, 6.45) is -0.816. The van der Waals surface area contributed by atoms with Crippen molar-refractivity contribution in [3.8, 4) is 5.75 Å². The van der Waals surface area contributed by atoms with Gasteiger partial charge in [0.15, 0.2) is 17.7 Å². The van der Waals surface area contributed by atoms with Crippen LogP contribution < -0.4 is 15.4 Å². The molecule has 0 bridgehead atoms. The third-order valence-electron chi connectivity index (χ3n) is 3.34. The molecule has 0 radical (unpaired) electrons. The van der Waals surface area contributed by atoms with E-state index in [0.29, 0.717) is 0 Å². The number of amides is 2. The van der Waals surface area contributed by atoms with E-state index < -0.39 is 48.1 Å². The number of carboxylic acid groups (broad SMARTS) is 1. The predicted octanol–water partition coefficient (Wildman–Crippen LogP) is 1.46. The van der Waals surface area contributed by atoms with Gasteiger partial charge in [-0.3, -0.25) is 9.59 Å². The summed E-state index contributed by atoms with van der Waals surface area (Å²) in [5.74, 6) is -4.62. The summed E-state index contributed by atoms with van der Waals surface area (Å²) in [6.45, 7) is 4.57. The van der Waals surface area contributed by atoms with E-state index in [2.05, 4.69) is 10.6 Å². The Morgan fingerprint density at radius 1 is 1.15 bits per heavy atom. The number of halogens is 2. The average molecular weight is 372 g/mol. The van der Waals surface area contributed by atoms with Crippen molar-refractivity contribution in [2.45, 2.75) is 39.3 Å². The molecule has 0 aliphatic rings. The number of hydrogen-bond acceptors (Lipinski definition) is 4. The Bertz CT molecular complexity index is 667. The maximum absolute atomic E-state index is 13.1. The van der Waals surface area contributed by atoms with Crippen LogP contribution in [0.5, 0.6) is 5.75 Å². The number of hydrogen-bond donors (Lipinski definition) is 3. The van der Waals surface area contributed by atoms with Crippen LogP contribution in [0, 0.1) is 17.6 Å². The van der Waals surface area contributed by atoms with Crippen molar-refractivity contribution in [3.05, 3.63) is 29.8 Å². The van der Waals surface area contributed by atoms with Crippen molar-refractivity contribution >= 4 is 17.8 Å². The van der Waals surface area contributed by atoms with Crippen molar-refractivity contribution in [1.82, 2.24) is 10.6 Å². The minimum Gasteiger partial charge on any atom is -0.481 e. The number of carboxylic acids is 1. The summed E-state index contributed by atoms with van der Waals surface area (Å²) in [7, 11) is 0. The standard InChI is InChI=1S/C17H22F2N2O5/c1-9(2)6-14(17(24)25)21-15(22)8-20-16(23)10(3)26-11-4-5-12(18)13(19)7-11/h4-5,7,9-10,14H,6,8H2,1-3H3,(H,20,23)(H,21,22)(H,24,25)/t10?,14-/m0/s1. The van der Waals surface area contributed by atoms with Crippen LogP contribution in [-0.4, -0.2) is 41.6 Å². The van der Waals surface area contributed by atoms with Crippen LogP contribution in [0.1, 0.15) is 27.2 Å². The first-order chi connectivity index (χ1) is 12.1. The molecule has 9 heteroatoms. The lowest BCUT2D eigenvalue weighted by atomic mass is 10.0. The summed E-state index contributed by atoms with van der Waals surface area (Å²) in [6, 6.07) is 1.78. The first-order valence-electron chi connectivity index (χ1n) is 8.01. The molecular formula is C17H22F2N2O5. The van der Waals surface area contributed by atoms with E-state index in [9.17, 15) is 23.2 Å². The molecule has 2 atom stereocenters. The van der Waals surface area contributed by atoms with E-state index in [1.165, 1.54) is 6.92 Å². The Morgan fingerprint density at radius 3 is 2.35 bits per heavy atom. The van der Waals surface area contributed by atoms with Crippen molar-refractivity contribution in [2.24, 2.45) is 5.92 Å². The summed E-state index contributed by atoms with van der Waals surface area (Å²) in [5.41, 5.74) is 0. The van der Waals surface area contributed by atoms with Gasteiger partial charge in [0.05, 0.1) is 6.54 Å². The van der Waals surface area contributed by atoms with Crippen molar-refractivity contribution in [3.63, 3.8) is 0 Å². The summed E-state index contributed by atoms with van der Waals surface area (Å²) in [5, 5.41) is 13.7. The lowest BCUT2D eigenvalue weighted by Gasteiger charge is -2.18. The van der Waals surface area contributed by atoms with Crippen molar-refractivity contribution in [2.75, 3.05) is 6.54 Å². The fourth-order valence-corrected chi connectivity index (χ4v) is 2.06. The Hall–Kier alpha value is -2.71. The van der Waals surface area contributed by atoms with Gasteiger partial charge in [-0.2, -0.15) is 0 Å². The Labute approximate surface area is 149 Å². The van der Waals surface area contributed by atoms with E-state index in [4.69, 9.17) is 9.84 Å². The lowest BCUT2D eigenvalue weighted by molar-refractivity contribution is -0.142. The van der Waals surface area contributed by atoms with Gasteiger partial charge in [-0.25, -0.2) is 13.6 Å². The second kappa shape index (κ2) is 9.69. The van der Waals surface area contributed by atoms with Gasteiger partial charge in [-0.1, -0.05) is 13.8 Å². The van der Waals surface area contributed by atoms with Gasteiger partial charge < -0.3 is 20.5 Å². The molecule has 0 heterocycles. The third-order valence-corrected chi connectivity index (χ3v) is 3.34. The number of carbonyl (C=O) groups is 3. The summed E-state index contributed by atoms with van der Waals surface area (Å²) >= 11 is 0. The minimum atomic E-state index is -1.16. The molecule has 1 unspecified atom stereocenters. The zero-order valence-corrected chi connectivity index (χ0v) is 14.7. The van der Waals surface area contributed by atoms with Crippen LogP contribution in [0.25, 0.3) is 0 Å². The normalized spacial score (nSPS) is 13.0. The number of benzene rings is 1. The first-order valence-corrected chi connectivity index (χ1v) is 8.01. The number of aliphatic carboxylic acids is 1. The second-order valence-corrected chi connectivity index (χ2v) is 6.14. The maximum atomic E-state index is 13.1. The summed E-state index contributed by atoms with van der Waals surface area (Å²) < 4.78 is 31.1. The molecule has 0 spiro atoms. The van der Waals surface area contributed by atoms with Crippen LogP contribution in [0.2, 0.25) is 0 Å². The molecule has 0 fully saturated rings. The second-order valence-electron chi connectivity index (χ2n) is 6.14. The van der Waals surface area contributed by atoms with Crippen LogP contribution in [0.4, 0.5) is 8.78 Å². The molecule has 0 aliphatic heterocycles. The van der Waals surface area contributed by atoms with Gasteiger partial charge in [-0.05, 0) is 31.4 Å². The number of ether oxygens (including phenoxy) is 1. The van der Waals surface area contributed by atoms with Crippen LogP contribution in [0.15, 0.2) is 18.2 Å². The van der Waals surface area contributed by atoms with E-state index >= 15 is 0 Å². The van der Waals surface area contributed by atoms with Gasteiger partial charge in [0.1, 0.15) is 11.8 Å². The summed E-state index contributed by atoms with van der Waals surface area (Å²) in [4.78, 5) is 34.8. The van der Waals surface area contributed by atoms with Crippen molar-refractivity contribution in [1.29, 1.82) is 0 Å². The highest BCUT2D eigenvalue weighted by atomic mass is 19.2. The number of rotatable bonds is 9. The lowest BCUT2D eigenvalue weighted by Crippen LogP contribution is -2.47. The Balaban J connectivity index is 2.49. The highest BCUT2D eigenvalue weighted by molar-refractivity contribution is 5.89. The topological polar surface area (TPSA) is 105 Å². The van der Waals surface area contributed by atoms with Gasteiger partial charge in [0.25, 0.3) is 5.91 Å². The quantitative estimate of drug-likeness (QED) is 0.609. The molecule has 144 valence electrons. The highest BCUT2D eigenvalue weighted by Gasteiger charge is 2.22. The van der Waals surface area contributed by atoms with Crippen LogP contribution in [-0.2, 0) is 14.4 Å². The van der Waals surface area contributed by atoms with E-state index in [1.54, 1.807) is 0 Å². The molecule has 1 rings (SSSR count). The molecule has 1 aromatic carbocycles. The van der Waals surface area contributed by atoms with Crippen molar-refractivity contribution < 1.29 is 33.0 Å². The smallest absolute Gasteiger partial charge is 0.326 e. The molecule has 26 heavy (non-hydrogen) atoms. The molecular weight excluding hydrogens is 350 g/mol. The molecule has 0 aromatic heterocycles. The predicted molar refractivity (Wildman–Crippen MR) is 88.5 cm³/mol. The number of carbonyl (C=O) groups excluding carboxylic acids is 2. The molecule has 0 saturated carbocycles. The molecule has 0 aliphatic carbocycles. The Morgan fingerprint density at radius 2 is 1.81 bits per heavy atom. The number of nitrogens with one attached hydrogen (secondary N) is 2. The Kier molecular flexibility index (Phi) is 7.95. The minimum absolute atomic E-state index is 0.0427. The first kappa shape index (κ1) is 21.3. The SMILES string of the molecule is CC(C)C[C@H](NC(=O)CNC(=O)C(C)Oc1ccc(F)c(F)c1)C(=O)O. The molecule has 7 nitrogen and oxygen atoms in total. The zero-order chi connectivity index (χ0) is 19.9. The van der Waals surface area contributed by atoms with E-state index in [0.717, 1.165) is 18.2 Å². The average Bonchev–Trinajstić information content (AvgIpc) is 2.54. The van der Waals surface area contributed by atoms with Crippen LogP contribution in [0.3, 0.4) is 0 Å².